The van der Waals surface area contributed by atoms with Crippen LogP contribution in [-0.4, -0.2) is 6.17 Å². The van der Waals surface area contributed by atoms with Crippen LogP contribution >= 0.6 is 0 Å². The van der Waals surface area contributed by atoms with E-state index < -0.39 is 6.17 Å². The van der Waals surface area contributed by atoms with Gasteiger partial charge in [0.05, 0.1) is 0 Å². The molecule has 0 aliphatic heterocycles. The van der Waals surface area contributed by atoms with Crippen molar-refractivity contribution in [3.63, 3.8) is 0 Å². The molecule has 0 aromatic heterocycles. The molecular formula is C8H14F. The fourth-order valence-electron chi connectivity index (χ4n) is 1.26. The molecule has 0 N–H and O–H groups in total. The second-order valence-electron chi connectivity index (χ2n) is 2.75. The smallest absolute Gasteiger partial charge is 0.100 e. The van der Waals surface area contributed by atoms with E-state index in [-0.39, 0.29) is 0 Å². The van der Waals surface area contributed by atoms with Gasteiger partial charge in [-0.3, -0.25) is 0 Å². The summed E-state index contributed by atoms with van der Waals surface area (Å²) in [4.78, 5) is 0. The molecule has 0 amide bonds. The molecule has 0 unspecified atom stereocenters. The summed E-state index contributed by atoms with van der Waals surface area (Å²) in [5, 5.41) is 0. The molecular weight excluding hydrogens is 115 g/mol. The molecule has 0 spiro atoms. The predicted molar refractivity (Wildman–Crippen MR) is 36.9 cm³/mol. The van der Waals surface area contributed by atoms with Gasteiger partial charge in [0, 0.05) is 0 Å². The lowest BCUT2D eigenvalue weighted by Gasteiger charge is -2.10. The summed E-state index contributed by atoms with van der Waals surface area (Å²) in [5.74, 6) is 0. The highest BCUT2D eigenvalue weighted by molar-refractivity contribution is 4.71. The molecule has 0 saturated heterocycles. The Morgan fingerprint density at radius 1 is 1.11 bits per heavy atom. The van der Waals surface area contributed by atoms with Gasteiger partial charge in [-0.2, -0.15) is 0 Å². The topological polar surface area (TPSA) is 0 Å². The highest BCUT2D eigenvalue weighted by Gasteiger charge is 2.07. The Morgan fingerprint density at radius 2 is 1.67 bits per heavy atom. The first-order valence-corrected chi connectivity index (χ1v) is 3.85. The van der Waals surface area contributed by atoms with E-state index in [0.717, 1.165) is 38.5 Å². The van der Waals surface area contributed by atoms with Gasteiger partial charge >= 0.3 is 0 Å². The van der Waals surface area contributed by atoms with E-state index in [0.29, 0.717) is 0 Å². The first-order valence-electron chi connectivity index (χ1n) is 3.85. The lowest BCUT2D eigenvalue weighted by Crippen LogP contribution is -2.02. The van der Waals surface area contributed by atoms with E-state index in [9.17, 15) is 4.39 Å². The summed E-state index contributed by atoms with van der Waals surface area (Å²) in [6.45, 7) is 0. The maximum absolute atomic E-state index is 12.6. The van der Waals surface area contributed by atoms with Crippen molar-refractivity contribution in [3.8, 4) is 0 Å². The Hall–Kier alpha value is -0.0700. The van der Waals surface area contributed by atoms with Gasteiger partial charge in [-0.05, 0) is 19.3 Å². The van der Waals surface area contributed by atoms with Gasteiger partial charge in [-0.1, -0.05) is 25.7 Å². The van der Waals surface area contributed by atoms with Crippen molar-refractivity contribution in [3.05, 3.63) is 6.42 Å². The van der Waals surface area contributed by atoms with Crippen LogP contribution in [0.5, 0.6) is 0 Å². The van der Waals surface area contributed by atoms with Crippen LogP contribution in [-0.2, 0) is 0 Å². The Kier molecular flexibility index (Phi) is 3.02. The number of halogens is 1. The zero-order chi connectivity index (χ0) is 6.53. The summed E-state index contributed by atoms with van der Waals surface area (Å²) < 4.78 is 12.6. The van der Waals surface area contributed by atoms with E-state index >= 15 is 0 Å². The summed E-state index contributed by atoms with van der Waals surface area (Å²) in [7, 11) is 0. The zero-order valence-corrected chi connectivity index (χ0v) is 5.78. The Labute approximate surface area is 56.5 Å². The van der Waals surface area contributed by atoms with Gasteiger partial charge in [0.2, 0.25) is 0 Å². The lowest BCUT2D eigenvalue weighted by atomic mass is 10.00. The quantitative estimate of drug-likeness (QED) is 0.471. The lowest BCUT2D eigenvalue weighted by molar-refractivity contribution is 0.277. The van der Waals surface area contributed by atoms with Gasteiger partial charge in [-0.25, -0.2) is 4.39 Å². The SMILES string of the molecule is FC1CCC[CH]CCC1. The monoisotopic (exact) mass is 129 g/mol. The Bertz CT molecular complexity index is 63.0. The predicted octanol–water partition coefficient (Wildman–Crippen LogP) is 2.88. The second-order valence-corrected chi connectivity index (χ2v) is 2.75. The summed E-state index contributed by atoms with van der Waals surface area (Å²) in [5.41, 5.74) is 0. The molecule has 1 rings (SSSR count). The molecule has 0 aromatic carbocycles. The van der Waals surface area contributed by atoms with Gasteiger partial charge in [0.25, 0.3) is 0 Å². The average Bonchev–Trinajstić information content (AvgIpc) is 1.79. The molecule has 0 heterocycles. The summed E-state index contributed by atoms with van der Waals surface area (Å²) in [6.07, 6.45) is 7.72. The van der Waals surface area contributed by atoms with E-state index in [1.807, 2.05) is 0 Å². The van der Waals surface area contributed by atoms with Crippen LogP contribution in [0.3, 0.4) is 0 Å². The minimum atomic E-state index is -0.501. The average molecular weight is 129 g/mol. The molecule has 1 aliphatic carbocycles. The van der Waals surface area contributed by atoms with Crippen LogP contribution in [0.15, 0.2) is 0 Å². The summed E-state index contributed by atoms with van der Waals surface area (Å²) >= 11 is 0. The Morgan fingerprint density at radius 3 is 2.22 bits per heavy atom. The third-order valence-electron chi connectivity index (χ3n) is 1.85. The van der Waals surface area contributed by atoms with Gasteiger partial charge < -0.3 is 0 Å². The van der Waals surface area contributed by atoms with Crippen LogP contribution < -0.4 is 0 Å². The standard InChI is InChI=1S/C8H14F/c9-8-6-4-2-1-3-5-7-8/h1,8H,2-7H2. The summed E-state index contributed by atoms with van der Waals surface area (Å²) in [6, 6.07) is 0. The van der Waals surface area contributed by atoms with E-state index in [1.165, 1.54) is 0 Å². The molecule has 1 fully saturated rings. The van der Waals surface area contributed by atoms with Crippen molar-refractivity contribution in [1.29, 1.82) is 0 Å². The molecule has 0 bridgehead atoms. The molecule has 1 radical (unpaired) electrons. The minimum absolute atomic E-state index is 0.501. The van der Waals surface area contributed by atoms with Gasteiger partial charge in [-0.15, -0.1) is 0 Å². The largest absolute Gasteiger partial charge is 0.247 e. The number of hydrogen-bond donors (Lipinski definition) is 0. The van der Waals surface area contributed by atoms with Gasteiger partial charge in [0.15, 0.2) is 0 Å². The molecule has 0 nitrogen and oxygen atoms in total. The highest BCUT2D eigenvalue weighted by atomic mass is 19.1. The van der Waals surface area contributed by atoms with Crippen molar-refractivity contribution < 1.29 is 4.39 Å². The van der Waals surface area contributed by atoms with Crippen LogP contribution in [0.4, 0.5) is 4.39 Å². The first-order chi connectivity index (χ1) is 4.39. The van der Waals surface area contributed by atoms with Crippen molar-refractivity contribution in [2.45, 2.75) is 44.7 Å². The molecule has 0 atom stereocenters. The molecule has 9 heavy (non-hydrogen) atoms. The van der Waals surface area contributed by atoms with Crippen molar-refractivity contribution in [2.75, 3.05) is 0 Å². The molecule has 0 aromatic rings. The number of alkyl halides is 1. The highest BCUT2D eigenvalue weighted by Crippen LogP contribution is 2.18. The zero-order valence-electron chi connectivity index (χ0n) is 5.78. The molecule has 53 valence electrons. The normalized spacial score (nSPS) is 25.0. The molecule has 1 saturated carbocycles. The maximum Gasteiger partial charge on any atom is 0.100 e. The van der Waals surface area contributed by atoms with Crippen LogP contribution in [0.25, 0.3) is 0 Å². The Balaban J connectivity index is 2.12. The fraction of sp³-hybridized carbons (Fsp3) is 0.875. The maximum atomic E-state index is 12.6. The second kappa shape index (κ2) is 3.86. The van der Waals surface area contributed by atoms with Crippen LogP contribution in [0.1, 0.15) is 38.5 Å². The third kappa shape index (κ3) is 2.83. The molecule has 1 heteroatoms. The number of hydrogen-bond acceptors (Lipinski definition) is 0. The van der Waals surface area contributed by atoms with Gasteiger partial charge in [0.1, 0.15) is 6.17 Å². The third-order valence-corrected chi connectivity index (χ3v) is 1.85. The van der Waals surface area contributed by atoms with Crippen molar-refractivity contribution in [1.82, 2.24) is 0 Å². The van der Waals surface area contributed by atoms with E-state index in [4.69, 9.17) is 0 Å². The van der Waals surface area contributed by atoms with Crippen molar-refractivity contribution in [2.24, 2.45) is 0 Å². The minimum Gasteiger partial charge on any atom is -0.247 e. The van der Waals surface area contributed by atoms with Crippen LogP contribution in [0.2, 0.25) is 0 Å². The van der Waals surface area contributed by atoms with E-state index in [2.05, 4.69) is 6.42 Å². The fourth-order valence-corrected chi connectivity index (χ4v) is 1.26. The first kappa shape index (κ1) is 7.04. The number of rotatable bonds is 0. The van der Waals surface area contributed by atoms with Crippen molar-refractivity contribution >= 4 is 0 Å². The van der Waals surface area contributed by atoms with E-state index in [1.54, 1.807) is 0 Å². The van der Waals surface area contributed by atoms with Crippen LogP contribution in [0, 0.1) is 6.42 Å². The molecule has 1 aliphatic rings.